The van der Waals surface area contributed by atoms with Gasteiger partial charge in [-0.15, -0.1) is 0 Å². The molecule has 0 radical (unpaired) electrons. The van der Waals surface area contributed by atoms with Crippen molar-refractivity contribution in [3.8, 4) is 0 Å². The SMILES string of the molecule is CC(C(=O)O)N(C)CCSC(F)(F)F. The van der Waals surface area contributed by atoms with Crippen LogP contribution >= 0.6 is 11.8 Å². The first-order valence-corrected chi connectivity index (χ1v) is 4.86. The lowest BCUT2D eigenvalue weighted by Gasteiger charge is -2.20. The number of carboxylic acids is 1. The van der Waals surface area contributed by atoms with Gasteiger partial charge in [0.15, 0.2) is 0 Å². The van der Waals surface area contributed by atoms with Crippen molar-refractivity contribution in [1.82, 2.24) is 4.90 Å². The average molecular weight is 231 g/mol. The Labute approximate surface area is 84.3 Å². The van der Waals surface area contributed by atoms with Crippen LogP contribution in [-0.4, -0.2) is 46.9 Å². The first-order chi connectivity index (χ1) is 6.24. The van der Waals surface area contributed by atoms with Gasteiger partial charge in [-0.05, 0) is 25.7 Å². The number of hydrogen-bond donors (Lipinski definition) is 1. The molecular weight excluding hydrogens is 219 g/mol. The molecule has 0 aromatic carbocycles. The van der Waals surface area contributed by atoms with Gasteiger partial charge in [0.25, 0.3) is 0 Å². The third-order valence-electron chi connectivity index (χ3n) is 1.73. The standard InChI is InChI=1S/C7H12F3NO2S/c1-5(6(12)13)11(2)3-4-14-7(8,9)10/h5H,3-4H2,1-2H3,(H,12,13). The van der Waals surface area contributed by atoms with Crippen LogP contribution in [0.25, 0.3) is 0 Å². The molecule has 1 atom stereocenters. The van der Waals surface area contributed by atoms with E-state index in [4.69, 9.17) is 5.11 Å². The van der Waals surface area contributed by atoms with Crippen molar-refractivity contribution in [2.75, 3.05) is 19.3 Å². The van der Waals surface area contributed by atoms with Gasteiger partial charge in [0.2, 0.25) is 0 Å². The second-order valence-electron chi connectivity index (χ2n) is 2.79. The zero-order chi connectivity index (χ0) is 11.4. The summed E-state index contributed by atoms with van der Waals surface area (Å²) in [5, 5.41) is 8.54. The minimum atomic E-state index is -4.24. The lowest BCUT2D eigenvalue weighted by atomic mass is 10.3. The maximum Gasteiger partial charge on any atom is 0.441 e. The van der Waals surface area contributed by atoms with E-state index in [-0.39, 0.29) is 24.1 Å². The number of nitrogens with zero attached hydrogens (tertiary/aromatic N) is 1. The van der Waals surface area contributed by atoms with Crippen LogP contribution < -0.4 is 0 Å². The molecule has 7 heteroatoms. The summed E-state index contributed by atoms with van der Waals surface area (Å²) in [7, 11) is 1.48. The summed E-state index contributed by atoms with van der Waals surface area (Å²) in [5.41, 5.74) is -4.24. The fraction of sp³-hybridized carbons (Fsp3) is 0.857. The van der Waals surface area contributed by atoms with Gasteiger partial charge < -0.3 is 5.11 Å². The van der Waals surface area contributed by atoms with Crippen molar-refractivity contribution >= 4 is 17.7 Å². The normalized spacial score (nSPS) is 14.4. The second-order valence-corrected chi connectivity index (χ2v) is 3.95. The summed E-state index contributed by atoms with van der Waals surface area (Å²) < 4.78 is 35.1. The summed E-state index contributed by atoms with van der Waals surface area (Å²) in [6.07, 6.45) is 0. The zero-order valence-corrected chi connectivity index (χ0v) is 8.65. The van der Waals surface area contributed by atoms with E-state index in [0.29, 0.717) is 0 Å². The van der Waals surface area contributed by atoms with E-state index in [2.05, 4.69) is 0 Å². The van der Waals surface area contributed by atoms with Gasteiger partial charge in [-0.2, -0.15) is 13.2 Å². The molecule has 0 amide bonds. The highest BCUT2D eigenvalue weighted by molar-refractivity contribution is 8.00. The van der Waals surface area contributed by atoms with Gasteiger partial charge >= 0.3 is 11.5 Å². The number of carboxylic acid groups (broad SMARTS) is 1. The molecule has 84 valence electrons. The van der Waals surface area contributed by atoms with E-state index in [0.717, 1.165) is 0 Å². The smallest absolute Gasteiger partial charge is 0.441 e. The van der Waals surface area contributed by atoms with Crippen LogP contribution in [0, 0.1) is 0 Å². The van der Waals surface area contributed by atoms with Crippen LogP contribution in [-0.2, 0) is 4.79 Å². The van der Waals surface area contributed by atoms with E-state index in [1.807, 2.05) is 0 Å². The predicted octanol–water partition coefficient (Wildman–Crippen LogP) is 1.64. The van der Waals surface area contributed by atoms with Gasteiger partial charge in [0.05, 0.1) is 0 Å². The van der Waals surface area contributed by atoms with Crippen LogP contribution in [0.1, 0.15) is 6.92 Å². The Bertz CT molecular complexity index is 198. The quantitative estimate of drug-likeness (QED) is 0.781. The maximum atomic E-state index is 11.7. The van der Waals surface area contributed by atoms with Gasteiger partial charge in [-0.3, -0.25) is 9.69 Å². The minimum absolute atomic E-state index is 0.0949. The van der Waals surface area contributed by atoms with Crippen molar-refractivity contribution in [1.29, 1.82) is 0 Å². The van der Waals surface area contributed by atoms with Crippen molar-refractivity contribution in [2.45, 2.75) is 18.5 Å². The third kappa shape index (κ3) is 6.09. The largest absolute Gasteiger partial charge is 0.480 e. The third-order valence-corrected chi connectivity index (χ3v) is 2.44. The van der Waals surface area contributed by atoms with Crippen molar-refractivity contribution < 1.29 is 23.1 Å². The Kier molecular flexibility index (Phi) is 5.28. The number of alkyl halides is 3. The Hall–Kier alpha value is -0.430. The van der Waals surface area contributed by atoms with Gasteiger partial charge in [0.1, 0.15) is 6.04 Å². The molecule has 1 N–H and O–H groups in total. The molecule has 0 saturated carbocycles. The molecule has 0 aromatic rings. The maximum absolute atomic E-state index is 11.7. The molecule has 0 spiro atoms. The van der Waals surface area contributed by atoms with E-state index >= 15 is 0 Å². The van der Waals surface area contributed by atoms with E-state index < -0.39 is 17.5 Å². The number of rotatable bonds is 5. The molecule has 0 aliphatic heterocycles. The lowest BCUT2D eigenvalue weighted by Crippen LogP contribution is -2.37. The van der Waals surface area contributed by atoms with Crippen LogP contribution in [0.2, 0.25) is 0 Å². The molecule has 3 nitrogen and oxygen atoms in total. The first-order valence-electron chi connectivity index (χ1n) is 3.88. The number of carbonyl (C=O) groups is 1. The molecule has 1 unspecified atom stereocenters. The topological polar surface area (TPSA) is 40.5 Å². The van der Waals surface area contributed by atoms with Crippen molar-refractivity contribution in [3.63, 3.8) is 0 Å². The van der Waals surface area contributed by atoms with Gasteiger partial charge in [0, 0.05) is 12.3 Å². The summed E-state index contributed by atoms with van der Waals surface area (Å²) >= 11 is -0.144. The molecular formula is C7H12F3NO2S. The minimum Gasteiger partial charge on any atom is -0.480 e. The zero-order valence-electron chi connectivity index (χ0n) is 7.84. The Morgan fingerprint density at radius 1 is 1.57 bits per heavy atom. The van der Waals surface area contributed by atoms with Crippen molar-refractivity contribution in [3.05, 3.63) is 0 Å². The summed E-state index contributed by atoms with van der Waals surface area (Å²) in [6, 6.07) is -0.760. The highest BCUT2D eigenvalue weighted by atomic mass is 32.2. The predicted molar refractivity (Wildman–Crippen MR) is 48.2 cm³/mol. The second kappa shape index (κ2) is 5.45. The monoisotopic (exact) mass is 231 g/mol. The molecule has 0 rings (SSSR count). The average Bonchev–Trinajstić information content (AvgIpc) is 2.00. The molecule has 0 heterocycles. The summed E-state index contributed by atoms with van der Waals surface area (Å²) in [4.78, 5) is 11.8. The van der Waals surface area contributed by atoms with Crippen molar-refractivity contribution in [2.24, 2.45) is 0 Å². The molecule has 0 aliphatic carbocycles. The molecule has 14 heavy (non-hydrogen) atoms. The van der Waals surface area contributed by atoms with Gasteiger partial charge in [-0.1, -0.05) is 0 Å². The van der Waals surface area contributed by atoms with Crippen LogP contribution in [0.3, 0.4) is 0 Å². The summed E-state index contributed by atoms with van der Waals surface area (Å²) in [5.74, 6) is -1.19. The van der Waals surface area contributed by atoms with Crippen LogP contribution in [0.4, 0.5) is 13.2 Å². The molecule has 0 fully saturated rings. The van der Waals surface area contributed by atoms with Gasteiger partial charge in [-0.25, -0.2) is 0 Å². The number of hydrogen-bond acceptors (Lipinski definition) is 3. The van der Waals surface area contributed by atoms with Crippen LogP contribution in [0.15, 0.2) is 0 Å². The Balaban J connectivity index is 3.75. The molecule has 0 saturated heterocycles. The van der Waals surface area contributed by atoms with E-state index in [1.165, 1.54) is 18.9 Å². The summed E-state index contributed by atoms with van der Waals surface area (Å²) in [6.45, 7) is 1.53. The molecule has 0 bridgehead atoms. The number of likely N-dealkylation sites (N-methyl/N-ethyl adjacent to an activating group) is 1. The number of thioether (sulfide) groups is 1. The fourth-order valence-electron chi connectivity index (χ4n) is 0.688. The first kappa shape index (κ1) is 13.6. The molecule has 0 aromatic heterocycles. The fourth-order valence-corrected chi connectivity index (χ4v) is 1.30. The number of halogens is 3. The molecule has 0 aliphatic rings. The van der Waals surface area contributed by atoms with E-state index in [9.17, 15) is 18.0 Å². The lowest BCUT2D eigenvalue weighted by molar-refractivity contribution is -0.141. The van der Waals surface area contributed by atoms with Crippen LogP contribution in [0.5, 0.6) is 0 Å². The highest BCUT2D eigenvalue weighted by Crippen LogP contribution is 2.29. The highest BCUT2D eigenvalue weighted by Gasteiger charge is 2.28. The number of aliphatic carboxylic acids is 1. The van der Waals surface area contributed by atoms with E-state index in [1.54, 1.807) is 0 Å². The Morgan fingerprint density at radius 3 is 2.43 bits per heavy atom. The Morgan fingerprint density at radius 2 is 2.07 bits per heavy atom.